The van der Waals surface area contributed by atoms with Crippen LogP contribution in [0.1, 0.15) is 5.56 Å². The molecule has 1 saturated heterocycles. The van der Waals surface area contributed by atoms with Gasteiger partial charge in [0, 0.05) is 12.6 Å². The third-order valence-corrected chi connectivity index (χ3v) is 5.46. The lowest BCUT2D eigenvalue weighted by atomic mass is 10.0. The Bertz CT molecular complexity index is 1140. The highest BCUT2D eigenvalue weighted by Crippen LogP contribution is 2.35. The summed E-state index contributed by atoms with van der Waals surface area (Å²) in [5.74, 6) is 1.23. The van der Waals surface area contributed by atoms with Crippen LogP contribution < -0.4 is 14.4 Å². The summed E-state index contributed by atoms with van der Waals surface area (Å²) in [6.07, 6.45) is 1.83. The van der Waals surface area contributed by atoms with Gasteiger partial charge in [-0.3, -0.25) is 9.69 Å². The summed E-state index contributed by atoms with van der Waals surface area (Å²) < 4.78 is 11.0. The Morgan fingerprint density at radius 2 is 1.69 bits per heavy atom. The number of amides is 1. The van der Waals surface area contributed by atoms with Crippen LogP contribution in [0.25, 0.3) is 16.8 Å². The van der Waals surface area contributed by atoms with Gasteiger partial charge in [-0.25, -0.2) is 0 Å². The van der Waals surface area contributed by atoms with Crippen molar-refractivity contribution >= 4 is 45.8 Å². The molecule has 0 N–H and O–H groups in total. The minimum atomic E-state index is -0.175. The first kappa shape index (κ1) is 19.0. The van der Waals surface area contributed by atoms with Crippen molar-refractivity contribution in [3.05, 3.63) is 71.9 Å². The lowest BCUT2D eigenvalue weighted by Gasteiger charge is -2.16. The normalized spacial score (nSPS) is 15.5. The second-order valence-electron chi connectivity index (χ2n) is 6.62. The maximum absolute atomic E-state index is 13.3. The van der Waals surface area contributed by atoms with Crippen LogP contribution in [-0.4, -0.2) is 37.2 Å². The summed E-state index contributed by atoms with van der Waals surface area (Å²) in [7, 11) is 5.04. The van der Waals surface area contributed by atoms with Gasteiger partial charge >= 0.3 is 0 Å². The van der Waals surface area contributed by atoms with Crippen molar-refractivity contribution in [1.82, 2.24) is 4.90 Å². The zero-order valence-electron chi connectivity index (χ0n) is 16.4. The second-order valence-corrected chi connectivity index (χ2v) is 6.98. The van der Waals surface area contributed by atoms with Gasteiger partial charge in [0.25, 0.3) is 5.91 Å². The topological polar surface area (TPSA) is 42.0 Å². The fourth-order valence-electron chi connectivity index (χ4n) is 3.45. The number of methoxy groups -OCH3 is 2. The van der Waals surface area contributed by atoms with Crippen LogP contribution in [0, 0.1) is 0 Å². The Kier molecular flexibility index (Phi) is 4.94. The molecule has 1 fully saturated rings. The molecule has 0 atom stereocenters. The summed E-state index contributed by atoms with van der Waals surface area (Å²) in [5.41, 5.74) is 2.02. The third kappa shape index (κ3) is 3.21. The summed E-state index contributed by atoms with van der Waals surface area (Å²) in [6.45, 7) is 0. The van der Waals surface area contributed by atoms with Gasteiger partial charge < -0.3 is 14.4 Å². The zero-order valence-corrected chi connectivity index (χ0v) is 17.2. The zero-order chi connectivity index (χ0) is 20.5. The minimum Gasteiger partial charge on any atom is -0.497 e. The number of benzene rings is 3. The Labute approximate surface area is 174 Å². The number of rotatable bonds is 4. The van der Waals surface area contributed by atoms with Crippen molar-refractivity contribution in [3.8, 4) is 11.5 Å². The van der Waals surface area contributed by atoms with Crippen molar-refractivity contribution in [3.63, 3.8) is 0 Å². The largest absolute Gasteiger partial charge is 0.497 e. The minimum absolute atomic E-state index is 0.175. The van der Waals surface area contributed by atoms with E-state index in [-0.39, 0.29) is 5.91 Å². The van der Waals surface area contributed by atoms with E-state index in [1.54, 1.807) is 31.1 Å². The molecule has 1 amide bonds. The quantitative estimate of drug-likeness (QED) is 0.474. The van der Waals surface area contributed by atoms with Crippen molar-refractivity contribution < 1.29 is 14.3 Å². The van der Waals surface area contributed by atoms with Crippen molar-refractivity contribution in [2.75, 3.05) is 26.2 Å². The first-order chi connectivity index (χ1) is 14.0. The number of carbonyl (C=O) groups is 1. The van der Waals surface area contributed by atoms with Gasteiger partial charge in [-0.15, -0.1) is 0 Å². The van der Waals surface area contributed by atoms with Gasteiger partial charge in [-0.05, 0) is 59.4 Å². The molecule has 29 heavy (non-hydrogen) atoms. The fraction of sp³-hybridized carbons (Fsp3) is 0.130. The number of hydrogen-bond acceptors (Lipinski definition) is 4. The molecule has 0 saturated carbocycles. The predicted octanol–water partition coefficient (Wildman–Crippen LogP) is 4.46. The molecule has 146 valence electrons. The van der Waals surface area contributed by atoms with Gasteiger partial charge in [-0.1, -0.05) is 30.3 Å². The first-order valence-electron chi connectivity index (χ1n) is 9.08. The van der Waals surface area contributed by atoms with Gasteiger partial charge in [0.15, 0.2) is 5.11 Å². The van der Waals surface area contributed by atoms with Crippen molar-refractivity contribution in [2.24, 2.45) is 0 Å². The average molecular weight is 404 g/mol. The molecular formula is C23H20N2O3S. The van der Waals surface area contributed by atoms with Crippen LogP contribution in [0.3, 0.4) is 0 Å². The molecule has 0 aromatic heterocycles. The van der Waals surface area contributed by atoms with E-state index in [1.807, 2.05) is 66.7 Å². The molecule has 3 aromatic rings. The number of fused-ring (bicyclic) bond motifs is 1. The third-order valence-electron chi connectivity index (χ3n) is 5.01. The van der Waals surface area contributed by atoms with Crippen LogP contribution >= 0.6 is 12.2 Å². The highest BCUT2D eigenvalue weighted by atomic mass is 32.1. The van der Waals surface area contributed by atoms with Crippen molar-refractivity contribution in [2.45, 2.75) is 0 Å². The maximum atomic E-state index is 13.3. The van der Waals surface area contributed by atoms with Gasteiger partial charge in [-0.2, -0.15) is 0 Å². The van der Waals surface area contributed by atoms with Gasteiger partial charge in [0.2, 0.25) is 0 Å². The average Bonchev–Trinajstić information content (AvgIpc) is 2.97. The van der Waals surface area contributed by atoms with Gasteiger partial charge in [0.05, 0.1) is 19.9 Å². The Morgan fingerprint density at radius 1 is 0.966 bits per heavy atom. The van der Waals surface area contributed by atoms with E-state index in [0.29, 0.717) is 16.6 Å². The van der Waals surface area contributed by atoms with Crippen molar-refractivity contribution in [1.29, 1.82) is 0 Å². The van der Waals surface area contributed by atoms with E-state index in [4.69, 9.17) is 21.7 Å². The predicted molar refractivity (Wildman–Crippen MR) is 119 cm³/mol. The summed E-state index contributed by atoms with van der Waals surface area (Å²) in [5, 5.41) is 2.39. The molecule has 1 aliphatic heterocycles. The summed E-state index contributed by atoms with van der Waals surface area (Å²) >= 11 is 5.55. The molecule has 6 heteroatoms. The molecule has 0 aliphatic carbocycles. The highest BCUT2D eigenvalue weighted by molar-refractivity contribution is 7.80. The monoisotopic (exact) mass is 404 g/mol. The molecular weight excluding hydrogens is 384 g/mol. The van der Waals surface area contributed by atoms with E-state index in [9.17, 15) is 4.79 Å². The van der Waals surface area contributed by atoms with Crippen LogP contribution in [0.15, 0.2) is 66.4 Å². The summed E-state index contributed by atoms with van der Waals surface area (Å²) in [6, 6.07) is 19.1. The SMILES string of the molecule is COc1ccc2ccc(OC)c(/C=C3/C(=O)N(c4ccccc4)C(=S)N3C)c2c1. The highest BCUT2D eigenvalue weighted by Gasteiger charge is 2.37. The Hall–Kier alpha value is -3.38. The first-order valence-corrected chi connectivity index (χ1v) is 9.49. The second kappa shape index (κ2) is 7.56. The number of para-hydroxylation sites is 1. The molecule has 1 heterocycles. The van der Waals surface area contributed by atoms with E-state index in [2.05, 4.69) is 0 Å². The number of nitrogens with zero attached hydrogens (tertiary/aromatic N) is 2. The Morgan fingerprint density at radius 3 is 2.38 bits per heavy atom. The standard InChI is InChI=1S/C23H20N2O3S/c1-24-20(22(26)25(23(24)29)16-7-5-4-6-8-16)14-19-18-13-17(27-2)11-9-15(18)10-12-21(19)28-3/h4-14H,1-3H3/b20-14-. The molecule has 0 radical (unpaired) electrons. The smallest absolute Gasteiger partial charge is 0.281 e. The number of likely N-dealkylation sites (N-methyl/N-ethyl adjacent to an activating group) is 1. The number of anilines is 1. The van der Waals surface area contributed by atoms with E-state index in [0.717, 1.165) is 27.8 Å². The van der Waals surface area contributed by atoms with Crippen LogP contribution in [0.2, 0.25) is 0 Å². The van der Waals surface area contributed by atoms with E-state index < -0.39 is 0 Å². The van der Waals surface area contributed by atoms with Crippen LogP contribution in [0.4, 0.5) is 5.69 Å². The van der Waals surface area contributed by atoms with E-state index in [1.165, 1.54) is 0 Å². The lowest BCUT2D eigenvalue weighted by molar-refractivity contribution is -0.114. The number of thiocarbonyl (C=S) groups is 1. The molecule has 3 aromatic carbocycles. The van der Waals surface area contributed by atoms with E-state index >= 15 is 0 Å². The van der Waals surface area contributed by atoms with Crippen LogP contribution in [-0.2, 0) is 4.79 Å². The van der Waals surface area contributed by atoms with Gasteiger partial charge in [0.1, 0.15) is 17.2 Å². The number of hydrogen-bond donors (Lipinski definition) is 0. The number of carbonyl (C=O) groups excluding carboxylic acids is 1. The maximum Gasteiger partial charge on any atom is 0.281 e. The molecule has 4 rings (SSSR count). The molecule has 5 nitrogen and oxygen atoms in total. The summed E-state index contributed by atoms with van der Waals surface area (Å²) in [4.78, 5) is 16.5. The molecule has 0 bridgehead atoms. The molecule has 1 aliphatic rings. The number of ether oxygens (including phenoxy) is 2. The fourth-order valence-corrected chi connectivity index (χ4v) is 3.74. The lowest BCUT2D eigenvalue weighted by Crippen LogP contribution is -2.30. The molecule has 0 spiro atoms. The van der Waals surface area contributed by atoms with Crippen LogP contribution in [0.5, 0.6) is 11.5 Å². The molecule has 0 unspecified atom stereocenters. The Balaban J connectivity index is 1.88.